The minimum Gasteiger partial charge on any atom is -0.392 e. The van der Waals surface area contributed by atoms with Crippen LogP contribution in [0.2, 0.25) is 0 Å². The molecular weight excluding hydrogens is 252 g/mol. The number of rotatable bonds is 2. The molecule has 2 aliphatic heterocycles. The minimum absolute atomic E-state index is 0.159. The monoisotopic (exact) mass is 270 g/mol. The lowest BCUT2D eigenvalue weighted by molar-refractivity contribution is -0.0149. The second-order valence-corrected chi connectivity index (χ2v) is 6.19. The Balaban J connectivity index is 1.71. The van der Waals surface area contributed by atoms with Gasteiger partial charge in [-0.2, -0.15) is 16.7 Å². The zero-order valence-electron chi connectivity index (χ0n) is 10.2. The van der Waals surface area contributed by atoms with Gasteiger partial charge in [-0.25, -0.2) is 0 Å². The summed E-state index contributed by atoms with van der Waals surface area (Å²) < 4.78 is 10.7. The highest BCUT2D eigenvalue weighted by atomic mass is 32.2. The van der Waals surface area contributed by atoms with Gasteiger partial charge in [-0.3, -0.25) is 0 Å². The molecule has 0 radical (unpaired) electrons. The number of thioether (sulfide) groups is 1. The summed E-state index contributed by atoms with van der Waals surface area (Å²) in [5.41, 5.74) is 0. The van der Waals surface area contributed by atoms with Crippen molar-refractivity contribution in [3.63, 3.8) is 0 Å². The lowest BCUT2D eigenvalue weighted by Gasteiger charge is -2.24. The van der Waals surface area contributed by atoms with Gasteiger partial charge in [0, 0.05) is 6.61 Å². The summed E-state index contributed by atoms with van der Waals surface area (Å²) in [6.45, 7) is 1.08. The van der Waals surface area contributed by atoms with Crippen molar-refractivity contribution in [3.8, 4) is 0 Å². The molecule has 0 aromatic carbocycles. The van der Waals surface area contributed by atoms with Crippen LogP contribution in [0.5, 0.6) is 0 Å². The summed E-state index contributed by atoms with van der Waals surface area (Å²) in [5, 5.41) is 14.4. The molecule has 0 saturated carbocycles. The molecule has 18 heavy (non-hydrogen) atoms. The first-order chi connectivity index (χ1) is 8.84. The SMILES string of the molecule is OC1CCOCC1c1nc(C2CCCCS2)no1. The highest BCUT2D eigenvalue weighted by Gasteiger charge is 2.31. The predicted octanol–water partition coefficient (Wildman–Crippen LogP) is 1.89. The van der Waals surface area contributed by atoms with Gasteiger partial charge in [-0.05, 0) is 25.0 Å². The molecule has 1 N–H and O–H groups in total. The van der Waals surface area contributed by atoms with E-state index in [2.05, 4.69) is 10.1 Å². The lowest BCUT2D eigenvalue weighted by Crippen LogP contribution is -2.30. The molecule has 0 bridgehead atoms. The van der Waals surface area contributed by atoms with Crippen LogP contribution in [0.4, 0.5) is 0 Å². The molecule has 0 aliphatic carbocycles. The summed E-state index contributed by atoms with van der Waals surface area (Å²) in [7, 11) is 0. The summed E-state index contributed by atoms with van der Waals surface area (Å²) in [6.07, 6.45) is 3.84. The van der Waals surface area contributed by atoms with Crippen molar-refractivity contribution in [2.24, 2.45) is 0 Å². The Morgan fingerprint density at radius 2 is 2.22 bits per heavy atom. The van der Waals surface area contributed by atoms with Gasteiger partial charge in [0.05, 0.1) is 23.9 Å². The molecule has 3 rings (SSSR count). The topological polar surface area (TPSA) is 68.4 Å². The second-order valence-electron chi connectivity index (χ2n) is 4.88. The van der Waals surface area contributed by atoms with Gasteiger partial charge in [0.2, 0.25) is 5.89 Å². The smallest absolute Gasteiger partial charge is 0.234 e. The van der Waals surface area contributed by atoms with Gasteiger partial charge in [0.15, 0.2) is 5.82 Å². The highest BCUT2D eigenvalue weighted by molar-refractivity contribution is 7.99. The molecule has 2 fully saturated rings. The van der Waals surface area contributed by atoms with Crippen LogP contribution in [0.3, 0.4) is 0 Å². The molecule has 1 aromatic rings. The molecule has 3 unspecified atom stereocenters. The molecule has 0 amide bonds. The molecule has 0 spiro atoms. The molecule has 3 atom stereocenters. The van der Waals surface area contributed by atoms with Crippen LogP contribution in [-0.2, 0) is 4.74 Å². The second kappa shape index (κ2) is 5.59. The van der Waals surface area contributed by atoms with E-state index in [9.17, 15) is 5.11 Å². The van der Waals surface area contributed by atoms with Gasteiger partial charge in [-0.15, -0.1) is 0 Å². The van der Waals surface area contributed by atoms with Crippen molar-refractivity contribution < 1.29 is 14.4 Å². The zero-order chi connectivity index (χ0) is 12.4. The summed E-state index contributed by atoms with van der Waals surface area (Å²) in [5.74, 6) is 2.33. The fourth-order valence-corrected chi connectivity index (χ4v) is 3.67. The lowest BCUT2D eigenvalue weighted by atomic mass is 9.99. The van der Waals surface area contributed by atoms with E-state index in [1.165, 1.54) is 18.6 Å². The van der Waals surface area contributed by atoms with Gasteiger partial charge in [0.1, 0.15) is 0 Å². The molecule has 100 valence electrons. The average Bonchev–Trinajstić information content (AvgIpc) is 2.90. The number of hydrogen-bond donors (Lipinski definition) is 1. The molecular formula is C12H18N2O3S. The Morgan fingerprint density at radius 3 is 3.00 bits per heavy atom. The van der Waals surface area contributed by atoms with E-state index in [1.807, 2.05) is 11.8 Å². The third-order valence-electron chi connectivity index (χ3n) is 3.56. The first kappa shape index (κ1) is 12.4. The Hall–Kier alpha value is -0.590. The van der Waals surface area contributed by atoms with Crippen LogP contribution in [0, 0.1) is 0 Å². The quantitative estimate of drug-likeness (QED) is 0.885. The van der Waals surface area contributed by atoms with Crippen molar-refractivity contribution >= 4 is 11.8 Å². The third kappa shape index (κ3) is 2.55. The largest absolute Gasteiger partial charge is 0.392 e. The van der Waals surface area contributed by atoms with Gasteiger partial charge >= 0.3 is 0 Å². The van der Waals surface area contributed by atoms with Crippen molar-refractivity contribution in [2.45, 2.75) is 43.0 Å². The predicted molar refractivity (Wildman–Crippen MR) is 67.5 cm³/mol. The van der Waals surface area contributed by atoms with E-state index in [1.54, 1.807) is 0 Å². The third-order valence-corrected chi connectivity index (χ3v) is 4.94. The van der Waals surface area contributed by atoms with Gasteiger partial charge < -0.3 is 14.4 Å². The molecule has 1 aromatic heterocycles. The number of aromatic nitrogens is 2. The number of aliphatic hydroxyl groups is 1. The number of aliphatic hydroxyl groups excluding tert-OH is 1. The Labute approximate surface area is 110 Å². The Morgan fingerprint density at radius 1 is 1.28 bits per heavy atom. The van der Waals surface area contributed by atoms with Crippen molar-refractivity contribution in [1.82, 2.24) is 10.1 Å². The Bertz CT molecular complexity index is 392. The maximum absolute atomic E-state index is 9.93. The standard InChI is InChI=1S/C12H18N2O3S/c15-9-4-5-16-7-8(9)12-13-11(14-17-12)10-3-1-2-6-18-10/h8-10,15H,1-7H2. The fourth-order valence-electron chi connectivity index (χ4n) is 2.44. The van der Waals surface area contributed by atoms with E-state index in [0.717, 1.165) is 12.2 Å². The fraction of sp³-hybridized carbons (Fsp3) is 0.833. The first-order valence-electron chi connectivity index (χ1n) is 6.55. The maximum Gasteiger partial charge on any atom is 0.234 e. The van der Waals surface area contributed by atoms with Gasteiger partial charge in [-0.1, -0.05) is 11.6 Å². The van der Waals surface area contributed by atoms with Crippen molar-refractivity contribution in [3.05, 3.63) is 11.7 Å². The van der Waals surface area contributed by atoms with Crippen LogP contribution in [0.25, 0.3) is 0 Å². The summed E-state index contributed by atoms with van der Waals surface area (Å²) >= 11 is 1.90. The van der Waals surface area contributed by atoms with Crippen molar-refractivity contribution in [2.75, 3.05) is 19.0 Å². The summed E-state index contributed by atoms with van der Waals surface area (Å²) in [6, 6.07) is 0. The van der Waals surface area contributed by atoms with Crippen LogP contribution in [-0.4, -0.2) is 40.3 Å². The van der Waals surface area contributed by atoms with E-state index >= 15 is 0 Å². The van der Waals surface area contributed by atoms with E-state index in [0.29, 0.717) is 30.8 Å². The number of hydrogen-bond acceptors (Lipinski definition) is 6. The molecule has 3 heterocycles. The van der Waals surface area contributed by atoms with Crippen LogP contribution in [0.15, 0.2) is 4.52 Å². The average molecular weight is 270 g/mol. The van der Waals surface area contributed by atoms with Crippen LogP contribution >= 0.6 is 11.8 Å². The van der Waals surface area contributed by atoms with E-state index in [4.69, 9.17) is 9.26 Å². The van der Waals surface area contributed by atoms with E-state index in [-0.39, 0.29) is 5.92 Å². The number of nitrogens with zero attached hydrogens (tertiary/aromatic N) is 2. The summed E-state index contributed by atoms with van der Waals surface area (Å²) in [4.78, 5) is 4.47. The molecule has 6 heteroatoms. The minimum atomic E-state index is -0.425. The van der Waals surface area contributed by atoms with Crippen LogP contribution in [0.1, 0.15) is 48.6 Å². The van der Waals surface area contributed by atoms with Gasteiger partial charge in [0.25, 0.3) is 0 Å². The molecule has 2 saturated heterocycles. The highest BCUT2D eigenvalue weighted by Crippen LogP contribution is 2.37. The molecule has 5 nitrogen and oxygen atoms in total. The zero-order valence-corrected chi connectivity index (χ0v) is 11.1. The number of ether oxygens (including phenoxy) is 1. The molecule has 2 aliphatic rings. The van der Waals surface area contributed by atoms with Crippen LogP contribution < -0.4 is 0 Å². The van der Waals surface area contributed by atoms with E-state index < -0.39 is 6.10 Å². The normalized spacial score (nSPS) is 33.5. The van der Waals surface area contributed by atoms with Crippen molar-refractivity contribution in [1.29, 1.82) is 0 Å². The Kier molecular flexibility index (Phi) is 3.86. The maximum atomic E-state index is 9.93. The first-order valence-corrected chi connectivity index (χ1v) is 7.60.